The maximum absolute atomic E-state index is 13.9. The number of nitrogens with zero attached hydrogens (tertiary/aromatic N) is 3. The highest BCUT2D eigenvalue weighted by Gasteiger charge is 2.33. The molecule has 1 aliphatic rings. The predicted octanol–water partition coefficient (Wildman–Crippen LogP) is 5.77. The molecule has 1 aromatic heterocycles. The third-order valence-electron chi connectivity index (χ3n) is 6.74. The van der Waals surface area contributed by atoms with Gasteiger partial charge in [-0.15, -0.1) is 0 Å². The lowest BCUT2D eigenvalue weighted by Gasteiger charge is -2.24. The van der Waals surface area contributed by atoms with Gasteiger partial charge in [0.05, 0.1) is 47.2 Å². The van der Waals surface area contributed by atoms with Crippen LogP contribution in [0.15, 0.2) is 81.7 Å². The summed E-state index contributed by atoms with van der Waals surface area (Å²) < 4.78 is 15.4. The second kappa shape index (κ2) is 12.9. The minimum Gasteiger partial charge on any atom is -0.487 e. The van der Waals surface area contributed by atoms with Gasteiger partial charge in [-0.05, 0) is 101 Å². The molecule has 0 aliphatic carbocycles. The van der Waals surface area contributed by atoms with E-state index in [1.54, 1.807) is 24.5 Å². The first-order chi connectivity index (χ1) is 20.2. The second-order valence-electron chi connectivity index (χ2n) is 9.58. The Morgan fingerprint density at radius 2 is 1.81 bits per heavy atom. The van der Waals surface area contributed by atoms with Gasteiger partial charge in [-0.3, -0.25) is 9.36 Å². The van der Waals surface area contributed by atoms with Gasteiger partial charge in [0.2, 0.25) is 0 Å². The number of benzene rings is 3. The van der Waals surface area contributed by atoms with Gasteiger partial charge in [-0.1, -0.05) is 59.4 Å². The molecule has 1 aliphatic heterocycles. The first-order valence-electron chi connectivity index (χ1n) is 13.1. The number of nitriles is 1. The monoisotopic (exact) mass is 801 g/mol. The van der Waals surface area contributed by atoms with E-state index in [0.717, 1.165) is 35.1 Å². The number of rotatable bonds is 7. The first-order valence-corrected chi connectivity index (χ1v) is 16.0. The van der Waals surface area contributed by atoms with Crippen molar-refractivity contribution >= 4 is 68.6 Å². The highest BCUT2D eigenvalue weighted by atomic mass is 127. The third-order valence-corrected chi connectivity index (χ3v) is 9.32. The van der Waals surface area contributed by atoms with Gasteiger partial charge >= 0.3 is 5.97 Å². The molecule has 7 nitrogen and oxygen atoms in total. The summed E-state index contributed by atoms with van der Waals surface area (Å²) in [6.45, 7) is 6.03. The smallest absolute Gasteiger partial charge is 0.338 e. The average Bonchev–Trinajstić information content (AvgIpc) is 3.26. The summed E-state index contributed by atoms with van der Waals surface area (Å²) in [4.78, 5) is 32.2. The fourth-order valence-electron chi connectivity index (χ4n) is 4.71. The zero-order chi connectivity index (χ0) is 30.0. The van der Waals surface area contributed by atoms with Gasteiger partial charge in [-0.2, -0.15) is 5.26 Å². The molecule has 0 saturated heterocycles. The summed E-state index contributed by atoms with van der Waals surface area (Å²) in [6, 6.07) is 20.7. The Morgan fingerprint density at radius 3 is 2.48 bits per heavy atom. The molecule has 0 bridgehead atoms. The first kappa shape index (κ1) is 30.2. The highest BCUT2D eigenvalue weighted by Crippen LogP contribution is 2.32. The number of aromatic nitrogens is 1. The van der Waals surface area contributed by atoms with Crippen molar-refractivity contribution in [3.05, 3.63) is 127 Å². The Bertz CT molecular complexity index is 1930. The van der Waals surface area contributed by atoms with Crippen molar-refractivity contribution in [3.63, 3.8) is 0 Å². The maximum Gasteiger partial charge on any atom is 0.338 e. The maximum atomic E-state index is 13.9. The standard InChI is InChI=1S/C32H25I2N3O4S/c1-4-40-31(39)27-19(3)36-32-37(28(27)21-11-9-18(2)10-12-21)30(38)26(42-32)15-20-13-24(33)29(25(34)14-20)41-17-23-8-6-5-7-22(23)16-35/h5-15,28H,4,17H2,1-3H3/b26-15+/t28-/m1/s1. The normalized spacial score (nSPS) is 14.7. The van der Waals surface area contributed by atoms with E-state index in [1.807, 2.05) is 67.6 Å². The van der Waals surface area contributed by atoms with E-state index in [1.165, 1.54) is 11.3 Å². The number of aryl methyl sites for hydroxylation is 1. The van der Waals surface area contributed by atoms with Crippen molar-refractivity contribution in [1.29, 1.82) is 5.26 Å². The van der Waals surface area contributed by atoms with Crippen LogP contribution in [0.1, 0.15) is 47.7 Å². The molecular weight excluding hydrogens is 776 g/mol. The molecule has 0 radical (unpaired) electrons. The lowest BCUT2D eigenvalue weighted by atomic mass is 9.95. The summed E-state index contributed by atoms with van der Waals surface area (Å²) >= 11 is 5.74. The van der Waals surface area contributed by atoms with Crippen LogP contribution in [-0.2, 0) is 16.1 Å². The molecule has 0 fully saturated rings. The number of esters is 1. The minimum atomic E-state index is -0.643. The number of hydrogen-bond donors (Lipinski definition) is 0. The van der Waals surface area contributed by atoms with E-state index < -0.39 is 12.0 Å². The minimum absolute atomic E-state index is 0.225. The van der Waals surface area contributed by atoms with Crippen molar-refractivity contribution in [2.45, 2.75) is 33.4 Å². The zero-order valence-corrected chi connectivity index (χ0v) is 28.1. The largest absolute Gasteiger partial charge is 0.487 e. The molecule has 212 valence electrons. The molecule has 5 rings (SSSR count). The average molecular weight is 801 g/mol. The fraction of sp³-hybridized carbons (Fsp3) is 0.188. The summed E-state index contributed by atoms with van der Waals surface area (Å²) in [6.07, 6.45) is 1.85. The lowest BCUT2D eigenvalue weighted by Crippen LogP contribution is -2.39. The molecule has 42 heavy (non-hydrogen) atoms. The summed E-state index contributed by atoms with van der Waals surface area (Å²) in [5.74, 6) is 0.243. The Hall–Kier alpha value is -3.28. The molecule has 0 unspecified atom stereocenters. The molecule has 3 aromatic carbocycles. The molecule has 0 N–H and O–H groups in total. The number of fused-ring (bicyclic) bond motifs is 1. The molecule has 0 amide bonds. The zero-order valence-electron chi connectivity index (χ0n) is 23.0. The Labute approximate surface area is 274 Å². The van der Waals surface area contributed by atoms with Crippen LogP contribution in [0.3, 0.4) is 0 Å². The van der Waals surface area contributed by atoms with Crippen LogP contribution in [0.2, 0.25) is 0 Å². The highest BCUT2D eigenvalue weighted by molar-refractivity contribution is 14.1. The van der Waals surface area contributed by atoms with Crippen molar-refractivity contribution < 1.29 is 14.3 Å². The van der Waals surface area contributed by atoms with Crippen molar-refractivity contribution in [1.82, 2.24) is 4.57 Å². The number of ether oxygens (including phenoxy) is 2. The van der Waals surface area contributed by atoms with Gasteiger partial charge in [-0.25, -0.2) is 9.79 Å². The van der Waals surface area contributed by atoms with Crippen LogP contribution in [0.5, 0.6) is 5.75 Å². The van der Waals surface area contributed by atoms with Crippen LogP contribution in [-0.4, -0.2) is 17.1 Å². The van der Waals surface area contributed by atoms with E-state index >= 15 is 0 Å². The Kier molecular flexibility index (Phi) is 9.29. The van der Waals surface area contributed by atoms with Crippen molar-refractivity contribution in [2.24, 2.45) is 4.99 Å². The van der Waals surface area contributed by atoms with Gasteiger partial charge in [0.1, 0.15) is 12.4 Å². The van der Waals surface area contributed by atoms with Crippen LogP contribution >= 0.6 is 56.5 Å². The summed E-state index contributed by atoms with van der Waals surface area (Å²) in [5, 5.41) is 9.39. The lowest BCUT2D eigenvalue weighted by molar-refractivity contribution is -0.139. The molecule has 10 heteroatoms. The third kappa shape index (κ3) is 6.09. The van der Waals surface area contributed by atoms with Crippen LogP contribution in [0.4, 0.5) is 0 Å². The number of allylic oxidation sites excluding steroid dienone is 1. The van der Waals surface area contributed by atoms with Crippen LogP contribution in [0.25, 0.3) is 6.08 Å². The molecule has 4 aromatic rings. The Morgan fingerprint density at radius 1 is 1.12 bits per heavy atom. The molecule has 2 heterocycles. The Balaban J connectivity index is 1.55. The van der Waals surface area contributed by atoms with Crippen LogP contribution in [0, 0.1) is 25.4 Å². The summed E-state index contributed by atoms with van der Waals surface area (Å²) in [5.41, 5.74) is 4.81. The summed E-state index contributed by atoms with van der Waals surface area (Å²) in [7, 11) is 0. The molecule has 0 saturated carbocycles. The topological polar surface area (TPSA) is 93.7 Å². The van der Waals surface area contributed by atoms with Gasteiger partial charge in [0.15, 0.2) is 4.80 Å². The number of carbonyl (C=O) groups excluding carboxylic acids is 1. The van der Waals surface area contributed by atoms with Gasteiger partial charge in [0, 0.05) is 5.56 Å². The molecular formula is C32H25I2N3O4S. The molecule has 1 atom stereocenters. The van der Waals surface area contributed by atoms with E-state index in [-0.39, 0.29) is 18.8 Å². The van der Waals surface area contributed by atoms with Crippen molar-refractivity contribution in [3.8, 4) is 11.8 Å². The van der Waals surface area contributed by atoms with E-state index in [9.17, 15) is 14.9 Å². The van der Waals surface area contributed by atoms with E-state index in [2.05, 4.69) is 56.2 Å². The quantitative estimate of drug-likeness (QED) is 0.175. The SMILES string of the molecule is CCOC(=O)C1=C(C)N=c2s/c(=C/c3cc(I)c(OCc4ccccc4C#N)c(I)c3)c(=O)n2[C@@H]1c1ccc(C)cc1. The molecule has 0 spiro atoms. The van der Waals surface area contributed by atoms with Crippen LogP contribution < -0.4 is 19.6 Å². The second-order valence-corrected chi connectivity index (χ2v) is 12.9. The predicted molar refractivity (Wildman–Crippen MR) is 179 cm³/mol. The fourth-order valence-corrected chi connectivity index (χ4v) is 7.89. The number of hydrogen-bond acceptors (Lipinski definition) is 7. The van der Waals surface area contributed by atoms with E-state index in [4.69, 9.17) is 9.47 Å². The van der Waals surface area contributed by atoms with Gasteiger partial charge in [0.25, 0.3) is 5.56 Å². The number of thiazole rings is 1. The van der Waals surface area contributed by atoms with Gasteiger partial charge < -0.3 is 9.47 Å². The number of carbonyl (C=O) groups is 1. The number of halogens is 2. The van der Waals surface area contributed by atoms with Crippen molar-refractivity contribution in [2.75, 3.05) is 6.61 Å². The van der Waals surface area contributed by atoms with E-state index in [0.29, 0.717) is 26.2 Å².